The summed E-state index contributed by atoms with van der Waals surface area (Å²) in [6.07, 6.45) is 1.83. The van der Waals surface area contributed by atoms with Crippen LogP contribution in [0, 0.1) is 6.92 Å². The zero-order valence-electron chi connectivity index (χ0n) is 12.6. The maximum absolute atomic E-state index is 13.1. The maximum Gasteiger partial charge on any atom is 0.600 e. The number of rotatable bonds is 1. The second-order valence-corrected chi connectivity index (χ2v) is 8.87. The average Bonchev–Trinajstić information content (AvgIpc) is 3.16. The minimum absolute atomic E-state index is 0.174. The van der Waals surface area contributed by atoms with Gasteiger partial charge in [-0.15, -0.1) is 13.2 Å². The van der Waals surface area contributed by atoms with Crippen molar-refractivity contribution in [3.63, 3.8) is 0 Å². The van der Waals surface area contributed by atoms with Crippen molar-refractivity contribution in [2.24, 2.45) is 0 Å². The summed E-state index contributed by atoms with van der Waals surface area (Å²) in [4.78, 5) is 0.609. The molecule has 0 spiro atoms. The Morgan fingerprint density at radius 1 is 1.08 bits per heavy atom. The lowest BCUT2D eigenvalue weighted by atomic mass is 10.2. The fraction of sp³-hybridized carbons (Fsp3) is 0.429. The molecule has 11 heteroatoms. The van der Waals surface area contributed by atoms with Gasteiger partial charge in [0, 0.05) is 17.4 Å². The number of thiophene rings is 1. The van der Waals surface area contributed by atoms with E-state index in [1.165, 1.54) is 0 Å². The van der Waals surface area contributed by atoms with E-state index < -0.39 is 31.6 Å². The van der Waals surface area contributed by atoms with Crippen LogP contribution in [0.3, 0.4) is 0 Å². The summed E-state index contributed by atoms with van der Waals surface area (Å²) in [5, 5.41) is 0.771. The normalized spacial score (nSPS) is 16.6. The van der Waals surface area contributed by atoms with Gasteiger partial charge in [0.2, 0.25) is 0 Å². The minimum Gasteiger partial charge on any atom is -0.741 e. The molecule has 3 rings (SSSR count). The van der Waals surface area contributed by atoms with Gasteiger partial charge in [0.15, 0.2) is 19.7 Å². The first kappa shape index (κ1) is 20.0. The number of halogens is 6. The van der Waals surface area contributed by atoms with Crippen LogP contribution in [0.5, 0.6) is 0 Å². The Labute approximate surface area is 142 Å². The van der Waals surface area contributed by atoms with E-state index in [1.54, 1.807) is 18.2 Å². The summed E-state index contributed by atoms with van der Waals surface area (Å²) in [5.74, 6) is 0.174. The van der Waals surface area contributed by atoms with Gasteiger partial charge in [-0.05, 0) is 31.9 Å². The molecule has 1 heterocycles. The van der Waals surface area contributed by atoms with Crippen molar-refractivity contribution in [1.82, 2.24) is 0 Å². The van der Waals surface area contributed by atoms with E-state index in [2.05, 4.69) is 0 Å². The molecule has 1 unspecified atom stereocenters. The third kappa shape index (κ3) is 4.64. The van der Waals surface area contributed by atoms with E-state index in [4.69, 9.17) is 13.0 Å². The van der Waals surface area contributed by atoms with Crippen LogP contribution in [0.15, 0.2) is 24.3 Å². The van der Waals surface area contributed by atoms with Gasteiger partial charge in [-0.3, -0.25) is 0 Å². The Kier molecular flexibility index (Phi) is 5.15. The summed E-state index contributed by atoms with van der Waals surface area (Å²) in [6, 6.07) is 7.05. The number of hydrogen-bond acceptors (Lipinski definition) is 3. The molecule has 3 nitrogen and oxygen atoms in total. The lowest BCUT2D eigenvalue weighted by Crippen LogP contribution is -2.21. The minimum atomic E-state index is -6.09. The SMILES string of the molecule is Cc1ccc2c(c1)cc(C1CC1)[s+]2C(F)(F)F.O=S(=O)([O-])C(F)(F)F. The molecule has 0 aliphatic heterocycles. The Bertz CT molecular complexity index is 876. The molecule has 2 aromatic rings. The van der Waals surface area contributed by atoms with Gasteiger partial charge in [0.25, 0.3) is 0 Å². The Morgan fingerprint density at radius 3 is 2.00 bits per heavy atom. The zero-order valence-corrected chi connectivity index (χ0v) is 14.2. The van der Waals surface area contributed by atoms with Crippen LogP contribution in [0.25, 0.3) is 10.1 Å². The molecule has 1 saturated carbocycles. The van der Waals surface area contributed by atoms with Gasteiger partial charge >= 0.3 is 11.0 Å². The van der Waals surface area contributed by atoms with E-state index in [1.807, 2.05) is 13.0 Å². The molecule has 1 aliphatic rings. The molecule has 1 aromatic carbocycles. The number of benzene rings is 1. The number of hydrogen-bond donors (Lipinski definition) is 0. The van der Waals surface area contributed by atoms with Crippen molar-refractivity contribution in [2.75, 3.05) is 0 Å². The molecule has 140 valence electrons. The molecule has 0 radical (unpaired) electrons. The lowest BCUT2D eigenvalue weighted by Gasteiger charge is -2.08. The van der Waals surface area contributed by atoms with Crippen molar-refractivity contribution in [2.45, 2.75) is 36.7 Å². The lowest BCUT2D eigenvalue weighted by molar-refractivity contribution is -0.0867. The molecule has 0 bridgehead atoms. The predicted octanol–water partition coefficient (Wildman–Crippen LogP) is 5.30. The third-order valence-electron chi connectivity index (χ3n) is 3.41. The van der Waals surface area contributed by atoms with E-state index in [0.29, 0.717) is 9.58 Å². The Balaban J connectivity index is 0.000000242. The van der Waals surface area contributed by atoms with Gasteiger partial charge in [-0.2, -0.15) is 13.2 Å². The van der Waals surface area contributed by atoms with Gasteiger partial charge in [0.1, 0.15) is 0 Å². The van der Waals surface area contributed by atoms with Crippen molar-refractivity contribution in [1.29, 1.82) is 0 Å². The molecule has 25 heavy (non-hydrogen) atoms. The molecule has 1 aliphatic carbocycles. The molecular weight excluding hydrogens is 394 g/mol. The molecule has 1 fully saturated rings. The third-order valence-corrected chi connectivity index (χ3v) is 6.18. The monoisotopic (exact) mass is 406 g/mol. The van der Waals surface area contributed by atoms with Gasteiger partial charge in [-0.1, -0.05) is 11.6 Å². The number of fused-ring (bicyclic) bond motifs is 1. The summed E-state index contributed by atoms with van der Waals surface area (Å²) < 4.78 is 98.8. The molecule has 0 amide bonds. The fourth-order valence-corrected chi connectivity index (χ4v) is 4.36. The standard InChI is InChI=1S/C13H12F3S.CHF3O3S/c1-8-2-5-11-10(6-8)7-12(9-3-4-9)17(11)13(14,15)16;2-1(3,4)8(5,6)7/h2,5-7,9H,3-4H2,1H3;(H,5,6,7)/q+1;/p-1. The Hall–Kier alpha value is -1.33. The highest BCUT2D eigenvalue weighted by Gasteiger charge is 2.51. The van der Waals surface area contributed by atoms with Crippen LogP contribution in [0.2, 0.25) is 0 Å². The highest BCUT2D eigenvalue weighted by molar-refractivity contribution is 7.86. The summed E-state index contributed by atoms with van der Waals surface area (Å²) in [5.41, 5.74) is -8.76. The second kappa shape index (κ2) is 6.44. The van der Waals surface area contributed by atoms with Crippen molar-refractivity contribution < 1.29 is 39.3 Å². The van der Waals surface area contributed by atoms with E-state index in [-0.39, 0.29) is 5.92 Å². The summed E-state index contributed by atoms with van der Waals surface area (Å²) >= 11 is 0. The van der Waals surface area contributed by atoms with Crippen LogP contribution < -0.4 is 0 Å². The van der Waals surface area contributed by atoms with Crippen LogP contribution in [-0.2, 0) is 15.6 Å². The first-order chi connectivity index (χ1) is 11.2. The zero-order chi connectivity index (χ0) is 19.2. The first-order valence-electron chi connectivity index (χ1n) is 6.87. The van der Waals surface area contributed by atoms with E-state index in [9.17, 15) is 26.3 Å². The predicted molar refractivity (Wildman–Crippen MR) is 80.2 cm³/mol. The van der Waals surface area contributed by atoms with Gasteiger partial charge < -0.3 is 4.55 Å². The maximum atomic E-state index is 13.1. The molecule has 0 N–H and O–H groups in total. The van der Waals surface area contributed by atoms with Gasteiger partial charge in [-0.25, -0.2) is 8.42 Å². The van der Waals surface area contributed by atoms with E-state index >= 15 is 0 Å². The van der Waals surface area contributed by atoms with Crippen LogP contribution in [-0.4, -0.2) is 18.5 Å². The smallest absolute Gasteiger partial charge is 0.600 e. The number of aryl methyl sites for hydroxylation is 1. The summed E-state index contributed by atoms with van der Waals surface area (Å²) in [7, 11) is -7.76. The topological polar surface area (TPSA) is 57.2 Å². The second-order valence-electron chi connectivity index (χ2n) is 5.51. The largest absolute Gasteiger partial charge is 0.741 e. The van der Waals surface area contributed by atoms with Crippen LogP contribution >= 0.6 is 10.5 Å². The van der Waals surface area contributed by atoms with Crippen molar-refractivity contribution >= 4 is 30.7 Å². The quantitative estimate of drug-likeness (QED) is 0.279. The van der Waals surface area contributed by atoms with Gasteiger partial charge in [0.05, 0.1) is 10.5 Å². The van der Waals surface area contributed by atoms with Crippen LogP contribution in [0.1, 0.15) is 29.2 Å². The highest BCUT2D eigenvalue weighted by Crippen LogP contribution is 2.57. The average molecular weight is 406 g/mol. The molecule has 0 saturated heterocycles. The molecule has 1 aromatic heterocycles. The van der Waals surface area contributed by atoms with Crippen molar-refractivity contribution in [3.8, 4) is 0 Å². The fourth-order valence-electron chi connectivity index (χ4n) is 2.22. The van der Waals surface area contributed by atoms with E-state index in [0.717, 1.165) is 23.8 Å². The molecular formula is C14H12F6O3S2. The Morgan fingerprint density at radius 2 is 1.60 bits per heavy atom. The first-order valence-corrected chi connectivity index (χ1v) is 9.50. The molecule has 1 atom stereocenters. The van der Waals surface area contributed by atoms with Crippen molar-refractivity contribution in [3.05, 3.63) is 34.7 Å². The highest BCUT2D eigenvalue weighted by atomic mass is 32.2. The number of alkyl halides is 6. The van der Waals surface area contributed by atoms with Crippen LogP contribution in [0.4, 0.5) is 26.3 Å². The summed E-state index contributed by atoms with van der Waals surface area (Å²) in [6.45, 7) is 1.91.